The van der Waals surface area contributed by atoms with E-state index in [9.17, 15) is 14.9 Å². The molecule has 10 nitrogen and oxygen atoms in total. The number of rotatable bonds is 6. The van der Waals surface area contributed by atoms with Gasteiger partial charge in [-0.2, -0.15) is 5.26 Å². The van der Waals surface area contributed by atoms with E-state index < -0.39 is 6.61 Å². The van der Waals surface area contributed by atoms with E-state index in [0.717, 1.165) is 48.1 Å². The lowest BCUT2D eigenvalue weighted by Gasteiger charge is -2.32. The summed E-state index contributed by atoms with van der Waals surface area (Å²) in [5.74, 6) is 0.261. The first-order valence-corrected chi connectivity index (χ1v) is 13.9. The standard InChI is InChI=1S/C31H30N6O4/c32-17-23-15-21(6-7-27(23)41-24-8-12-36(13-9-24)28(39)18-38)29-25-16-26(35-30(25)34-19-33-29)20-4-3-5-22(14-20)31(40)37-10-1-2-11-37/h3-7,14-16,19,24,38H,1-2,8-13,18H2,(H,33,34,35). The lowest BCUT2D eigenvalue weighted by molar-refractivity contribution is -0.135. The van der Waals surface area contributed by atoms with Crippen molar-refractivity contribution in [3.63, 3.8) is 0 Å². The minimum Gasteiger partial charge on any atom is -0.489 e. The molecular formula is C31H30N6O4. The van der Waals surface area contributed by atoms with Gasteiger partial charge in [0, 0.05) is 61.2 Å². The molecule has 4 aromatic rings. The molecule has 2 aromatic heterocycles. The summed E-state index contributed by atoms with van der Waals surface area (Å²) in [6.45, 7) is 2.12. The summed E-state index contributed by atoms with van der Waals surface area (Å²) >= 11 is 0. The first kappa shape index (κ1) is 26.5. The van der Waals surface area contributed by atoms with Crippen molar-refractivity contribution >= 4 is 22.8 Å². The topological polar surface area (TPSA) is 135 Å². The van der Waals surface area contributed by atoms with Crippen LogP contribution in [0.2, 0.25) is 0 Å². The van der Waals surface area contributed by atoms with Crippen molar-refractivity contribution in [1.82, 2.24) is 24.8 Å². The molecule has 2 aliphatic heterocycles. The number of H-pyrrole nitrogens is 1. The zero-order chi connectivity index (χ0) is 28.3. The zero-order valence-electron chi connectivity index (χ0n) is 22.5. The normalized spacial score (nSPS) is 15.7. The minimum atomic E-state index is -0.491. The third kappa shape index (κ3) is 5.36. The average molecular weight is 551 g/mol. The van der Waals surface area contributed by atoms with Crippen molar-refractivity contribution in [1.29, 1.82) is 5.26 Å². The third-order valence-corrected chi connectivity index (χ3v) is 7.84. The number of carbonyl (C=O) groups is 2. The van der Waals surface area contributed by atoms with Crippen molar-refractivity contribution in [2.24, 2.45) is 0 Å². The number of ether oxygens (including phenoxy) is 1. The molecular weight excluding hydrogens is 520 g/mol. The van der Waals surface area contributed by atoms with Crippen LogP contribution in [-0.4, -0.2) is 80.6 Å². The van der Waals surface area contributed by atoms with E-state index in [4.69, 9.17) is 9.84 Å². The zero-order valence-corrected chi connectivity index (χ0v) is 22.5. The Bertz CT molecular complexity index is 1640. The highest BCUT2D eigenvalue weighted by molar-refractivity contribution is 5.97. The number of fused-ring (bicyclic) bond motifs is 1. The SMILES string of the molecule is N#Cc1cc(-c2ncnc3[nH]c(-c4cccc(C(=O)N5CCCC5)c4)cc23)ccc1OC1CCN(C(=O)CO)CC1. The van der Waals surface area contributed by atoms with Crippen molar-refractivity contribution in [2.45, 2.75) is 31.8 Å². The number of nitrogens with zero attached hydrogens (tertiary/aromatic N) is 5. The molecule has 41 heavy (non-hydrogen) atoms. The highest BCUT2D eigenvalue weighted by Gasteiger charge is 2.25. The second kappa shape index (κ2) is 11.4. The molecule has 2 amide bonds. The maximum Gasteiger partial charge on any atom is 0.253 e. The fraction of sp³-hybridized carbons (Fsp3) is 0.323. The second-order valence-electron chi connectivity index (χ2n) is 10.4. The van der Waals surface area contributed by atoms with Crippen LogP contribution in [0.15, 0.2) is 54.9 Å². The van der Waals surface area contributed by atoms with Gasteiger partial charge in [-0.05, 0) is 54.8 Å². The number of carbonyl (C=O) groups excluding carboxylic acids is 2. The number of hydrogen-bond donors (Lipinski definition) is 2. The molecule has 0 saturated carbocycles. The summed E-state index contributed by atoms with van der Waals surface area (Å²) in [5, 5.41) is 19.8. The Balaban J connectivity index is 1.25. The molecule has 2 saturated heterocycles. The Labute approximate surface area is 237 Å². The quantitative estimate of drug-likeness (QED) is 0.373. The summed E-state index contributed by atoms with van der Waals surface area (Å²) in [7, 11) is 0. The van der Waals surface area contributed by atoms with E-state index >= 15 is 0 Å². The minimum absolute atomic E-state index is 0.0523. The highest BCUT2D eigenvalue weighted by atomic mass is 16.5. The van der Waals surface area contributed by atoms with E-state index in [1.807, 2.05) is 41.3 Å². The molecule has 2 aliphatic rings. The smallest absolute Gasteiger partial charge is 0.253 e. The monoisotopic (exact) mass is 550 g/mol. The Kier molecular flexibility index (Phi) is 7.35. The Hall–Kier alpha value is -4.75. The van der Waals surface area contributed by atoms with Crippen LogP contribution >= 0.6 is 0 Å². The number of likely N-dealkylation sites (tertiary alicyclic amines) is 2. The molecule has 0 aliphatic carbocycles. The van der Waals surface area contributed by atoms with Crippen molar-refractivity contribution in [3.8, 4) is 34.3 Å². The molecule has 0 atom stereocenters. The fourth-order valence-corrected chi connectivity index (χ4v) is 5.62. The van der Waals surface area contributed by atoms with Crippen LogP contribution in [0.3, 0.4) is 0 Å². The van der Waals surface area contributed by atoms with Crippen molar-refractivity contribution < 1.29 is 19.4 Å². The Morgan fingerprint density at radius 3 is 2.56 bits per heavy atom. The van der Waals surface area contributed by atoms with Crippen LogP contribution in [0, 0.1) is 11.3 Å². The van der Waals surface area contributed by atoms with Gasteiger partial charge in [-0.15, -0.1) is 0 Å². The van der Waals surface area contributed by atoms with Gasteiger partial charge < -0.3 is 24.6 Å². The summed E-state index contributed by atoms with van der Waals surface area (Å²) in [5.41, 5.74) is 4.86. The molecule has 2 aromatic carbocycles. The van der Waals surface area contributed by atoms with Crippen LogP contribution < -0.4 is 4.74 Å². The van der Waals surface area contributed by atoms with E-state index in [1.54, 1.807) is 17.0 Å². The molecule has 208 valence electrons. The van der Waals surface area contributed by atoms with Gasteiger partial charge in [-0.3, -0.25) is 9.59 Å². The van der Waals surface area contributed by atoms with E-state index in [0.29, 0.717) is 54.1 Å². The average Bonchev–Trinajstić information content (AvgIpc) is 3.72. The lowest BCUT2D eigenvalue weighted by atomic mass is 10.0. The lowest BCUT2D eigenvalue weighted by Crippen LogP contribution is -2.42. The van der Waals surface area contributed by atoms with Gasteiger partial charge >= 0.3 is 0 Å². The van der Waals surface area contributed by atoms with Crippen LogP contribution in [0.1, 0.15) is 41.6 Å². The number of aromatic amines is 1. The predicted molar refractivity (Wildman–Crippen MR) is 152 cm³/mol. The van der Waals surface area contributed by atoms with Crippen LogP contribution in [-0.2, 0) is 4.79 Å². The summed E-state index contributed by atoms with van der Waals surface area (Å²) < 4.78 is 6.15. The number of piperidine rings is 1. The van der Waals surface area contributed by atoms with Gasteiger partial charge in [-0.25, -0.2) is 9.97 Å². The molecule has 6 rings (SSSR count). The number of aliphatic hydroxyl groups excluding tert-OH is 1. The number of hydrogen-bond acceptors (Lipinski definition) is 7. The molecule has 10 heteroatoms. The molecule has 0 radical (unpaired) electrons. The van der Waals surface area contributed by atoms with Crippen LogP contribution in [0.25, 0.3) is 33.5 Å². The van der Waals surface area contributed by atoms with Crippen LogP contribution in [0.4, 0.5) is 0 Å². The Morgan fingerprint density at radius 2 is 1.80 bits per heavy atom. The molecule has 0 unspecified atom stereocenters. The summed E-state index contributed by atoms with van der Waals surface area (Å²) in [6.07, 6.45) is 4.71. The number of nitrogens with one attached hydrogen (secondary N) is 1. The van der Waals surface area contributed by atoms with Crippen molar-refractivity contribution in [2.75, 3.05) is 32.8 Å². The molecule has 2 fully saturated rings. The highest BCUT2D eigenvalue weighted by Crippen LogP contribution is 2.33. The number of aliphatic hydroxyl groups is 1. The number of benzene rings is 2. The second-order valence-corrected chi connectivity index (χ2v) is 10.4. The van der Waals surface area contributed by atoms with Gasteiger partial charge in [0.05, 0.1) is 11.3 Å². The van der Waals surface area contributed by atoms with Gasteiger partial charge in [-0.1, -0.05) is 12.1 Å². The Morgan fingerprint density at radius 1 is 1.00 bits per heavy atom. The molecule has 0 bridgehead atoms. The van der Waals surface area contributed by atoms with Gasteiger partial charge in [0.1, 0.15) is 36.5 Å². The maximum absolute atomic E-state index is 12.9. The van der Waals surface area contributed by atoms with E-state index in [1.165, 1.54) is 6.33 Å². The first-order chi connectivity index (χ1) is 20.0. The summed E-state index contributed by atoms with van der Waals surface area (Å²) in [4.78, 5) is 40.5. The number of amides is 2. The fourth-order valence-electron chi connectivity index (χ4n) is 5.62. The number of nitriles is 1. The van der Waals surface area contributed by atoms with Gasteiger partial charge in [0.2, 0.25) is 5.91 Å². The van der Waals surface area contributed by atoms with Gasteiger partial charge in [0.25, 0.3) is 5.91 Å². The summed E-state index contributed by atoms with van der Waals surface area (Å²) in [6, 6.07) is 17.3. The predicted octanol–water partition coefficient (Wildman–Crippen LogP) is 3.76. The van der Waals surface area contributed by atoms with E-state index in [2.05, 4.69) is 21.0 Å². The maximum atomic E-state index is 12.9. The first-order valence-electron chi connectivity index (χ1n) is 13.9. The van der Waals surface area contributed by atoms with Crippen molar-refractivity contribution in [3.05, 3.63) is 66.0 Å². The third-order valence-electron chi connectivity index (χ3n) is 7.84. The molecule has 4 heterocycles. The van der Waals surface area contributed by atoms with Gasteiger partial charge in [0.15, 0.2) is 0 Å². The molecule has 2 N–H and O–H groups in total. The van der Waals surface area contributed by atoms with E-state index in [-0.39, 0.29) is 17.9 Å². The largest absolute Gasteiger partial charge is 0.489 e. The molecule has 0 spiro atoms. The van der Waals surface area contributed by atoms with Crippen LogP contribution in [0.5, 0.6) is 5.75 Å². The number of aromatic nitrogens is 3.